The number of carbonyl (C=O) groups excluding carboxylic acids is 2. The Balaban J connectivity index is 1.39. The van der Waals surface area contributed by atoms with Gasteiger partial charge < -0.3 is 16.4 Å². The molecule has 1 unspecified atom stereocenters. The fourth-order valence-corrected chi connectivity index (χ4v) is 7.90. The molecular formula is C35H33FN6O2S. The van der Waals surface area contributed by atoms with Crippen molar-refractivity contribution in [2.24, 2.45) is 11.7 Å². The highest BCUT2D eigenvalue weighted by Crippen LogP contribution is 2.46. The smallest absolute Gasteiger partial charge is 0.254 e. The molecule has 2 aliphatic rings. The number of nitrogens with zero attached hydrogens (tertiary/aromatic N) is 3. The van der Waals surface area contributed by atoms with E-state index in [1.807, 2.05) is 31.3 Å². The molecular weight excluding hydrogens is 587 g/mol. The first-order valence-electron chi connectivity index (χ1n) is 15.1. The summed E-state index contributed by atoms with van der Waals surface area (Å²) in [5, 5.41) is 7.72. The molecule has 10 heteroatoms. The largest absolute Gasteiger partial charge is 0.366 e. The zero-order chi connectivity index (χ0) is 31.5. The monoisotopic (exact) mass is 620 g/mol. The topological polar surface area (TPSA) is 123 Å². The van der Waals surface area contributed by atoms with E-state index in [2.05, 4.69) is 35.5 Å². The second-order valence-electron chi connectivity index (χ2n) is 12.5. The number of fused-ring (bicyclic) bond motifs is 3. The molecule has 0 spiro atoms. The summed E-state index contributed by atoms with van der Waals surface area (Å²) in [6.45, 7) is 6.03. The lowest BCUT2D eigenvalue weighted by Crippen LogP contribution is -2.39. The highest BCUT2D eigenvalue weighted by Gasteiger charge is 2.44. The zero-order valence-corrected chi connectivity index (χ0v) is 26.1. The quantitative estimate of drug-likeness (QED) is 0.182. The summed E-state index contributed by atoms with van der Waals surface area (Å²) in [6, 6.07) is 14.3. The van der Waals surface area contributed by atoms with Gasteiger partial charge in [0.05, 0.1) is 38.8 Å². The molecule has 1 aliphatic heterocycles. The Morgan fingerprint density at radius 1 is 1.16 bits per heavy atom. The molecule has 0 saturated carbocycles. The van der Waals surface area contributed by atoms with Crippen LogP contribution in [0.5, 0.6) is 0 Å². The second kappa shape index (κ2) is 11.0. The number of nitrogens with one attached hydrogen (secondary N) is 2. The summed E-state index contributed by atoms with van der Waals surface area (Å²) >= 11 is 1.48. The van der Waals surface area contributed by atoms with Gasteiger partial charge in [-0.1, -0.05) is 32.0 Å². The minimum Gasteiger partial charge on any atom is -0.366 e. The van der Waals surface area contributed by atoms with Crippen molar-refractivity contribution in [2.75, 3.05) is 5.32 Å². The maximum absolute atomic E-state index is 13.9. The fraction of sp³-hybridized carbons (Fsp3) is 0.286. The molecule has 228 valence electrons. The van der Waals surface area contributed by atoms with Crippen LogP contribution in [0.4, 0.5) is 10.2 Å². The molecule has 0 saturated heterocycles. The van der Waals surface area contributed by atoms with Crippen LogP contribution in [0.3, 0.4) is 0 Å². The van der Waals surface area contributed by atoms with Gasteiger partial charge in [0.25, 0.3) is 11.8 Å². The summed E-state index contributed by atoms with van der Waals surface area (Å²) in [5.74, 6) is -0.349. The van der Waals surface area contributed by atoms with Crippen molar-refractivity contribution in [3.05, 3.63) is 106 Å². The molecule has 1 aromatic carbocycles. The van der Waals surface area contributed by atoms with Gasteiger partial charge in [0.2, 0.25) is 0 Å². The molecule has 7 rings (SSSR count). The average Bonchev–Trinajstić information content (AvgIpc) is 3.68. The maximum Gasteiger partial charge on any atom is 0.254 e. The van der Waals surface area contributed by atoms with Gasteiger partial charge in [0.1, 0.15) is 11.6 Å². The number of nitrogens with two attached hydrogens (primary N) is 1. The van der Waals surface area contributed by atoms with Crippen molar-refractivity contribution in [3.8, 4) is 10.4 Å². The third-order valence-electron chi connectivity index (χ3n) is 8.69. The molecule has 4 aromatic heterocycles. The number of anilines is 1. The number of amides is 2. The van der Waals surface area contributed by atoms with Crippen molar-refractivity contribution >= 4 is 39.1 Å². The summed E-state index contributed by atoms with van der Waals surface area (Å²) < 4.78 is 14.6. The standard InChI is InChI=1S/C35H33FN6O2S/c1-18(2)15-25-27(32(37)43)28(29-31(40-25)35(3,42-34(29)44)17-19-6-8-21(36)9-7-19)26-16-20-12-14-39-33(30(20)45-26)41-24-11-10-23-22(24)5-4-13-38-23/h4-9,12-14,16,18,24H,10-11,15,17H2,1-3H3,(H2,37,43)(H,39,41)(H,42,44)/t24?,35-/m0/s1. The Bertz CT molecular complexity index is 1990. The van der Waals surface area contributed by atoms with Gasteiger partial charge in [-0.2, -0.15) is 0 Å². The number of benzene rings is 1. The molecule has 5 heterocycles. The molecule has 0 fully saturated rings. The lowest BCUT2D eigenvalue weighted by Gasteiger charge is -2.26. The lowest BCUT2D eigenvalue weighted by atomic mass is 9.86. The number of carbonyl (C=O) groups is 2. The van der Waals surface area contributed by atoms with E-state index in [-0.39, 0.29) is 29.2 Å². The van der Waals surface area contributed by atoms with Crippen LogP contribution in [0.2, 0.25) is 0 Å². The first kappa shape index (κ1) is 29.0. The third-order valence-corrected chi connectivity index (χ3v) is 9.87. The van der Waals surface area contributed by atoms with Crippen LogP contribution in [0.15, 0.2) is 60.9 Å². The minimum absolute atomic E-state index is 0.0827. The summed E-state index contributed by atoms with van der Waals surface area (Å²) in [5.41, 5.74) is 10.6. The molecule has 1 aliphatic carbocycles. The Morgan fingerprint density at radius 2 is 1.96 bits per heavy atom. The van der Waals surface area contributed by atoms with E-state index in [4.69, 9.17) is 15.7 Å². The SMILES string of the molecule is CC(C)Cc1nc2c(c(-c3cc4ccnc(NC5CCc6ncccc65)c4s3)c1C(N)=O)C(=O)N[C@@]2(C)Cc1ccc(F)cc1. The highest BCUT2D eigenvalue weighted by atomic mass is 32.1. The van der Waals surface area contributed by atoms with Crippen molar-refractivity contribution in [1.29, 1.82) is 0 Å². The molecule has 45 heavy (non-hydrogen) atoms. The summed E-state index contributed by atoms with van der Waals surface area (Å²) in [6.07, 6.45) is 6.31. The predicted molar refractivity (Wildman–Crippen MR) is 174 cm³/mol. The van der Waals surface area contributed by atoms with Crippen LogP contribution >= 0.6 is 11.3 Å². The Hall–Kier alpha value is -4.70. The summed E-state index contributed by atoms with van der Waals surface area (Å²) in [7, 11) is 0. The Morgan fingerprint density at radius 3 is 2.71 bits per heavy atom. The number of hydrogen-bond donors (Lipinski definition) is 3. The highest BCUT2D eigenvalue weighted by molar-refractivity contribution is 7.22. The number of hydrogen-bond acceptors (Lipinski definition) is 7. The number of aryl methyl sites for hydroxylation is 1. The summed E-state index contributed by atoms with van der Waals surface area (Å²) in [4.78, 5) is 42.0. The lowest BCUT2D eigenvalue weighted by molar-refractivity contribution is 0.0935. The van der Waals surface area contributed by atoms with E-state index < -0.39 is 11.4 Å². The van der Waals surface area contributed by atoms with E-state index in [0.29, 0.717) is 35.4 Å². The Kier molecular flexibility index (Phi) is 7.12. The molecule has 4 N–H and O–H groups in total. The van der Waals surface area contributed by atoms with Gasteiger partial charge in [-0.15, -0.1) is 11.3 Å². The number of aromatic nitrogens is 3. The van der Waals surface area contributed by atoms with Crippen molar-refractivity contribution in [2.45, 2.75) is 58.0 Å². The zero-order valence-electron chi connectivity index (χ0n) is 25.3. The van der Waals surface area contributed by atoms with Gasteiger partial charge >= 0.3 is 0 Å². The average molecular weight is 621 g/mol. The Labute approximate surface area is 264 Å². The van der Waals surface area contributed by atoms with Crippen LogP contribution < -0.4 is 16.4 Å². The van der Waals surface area contributed by atoms with Crippen LogP contribution in [0.25, 0.3) is 20.5 Å². The number of halogens is 1. The number of pyridine rings is 3. The van der Waals surface area contributed by atoms with Gasteiger partial charge in [-0.05, 0) is 78.9 Å². The van der Waals surface area contributed by atoms with E-state index in [1.165, 1.54) is 29.0 Å². The van der Waals surface area contributed by atoms with Crippen LogP contribution in [0, 0.1) is 11.7 Å². The minimum atomic E-state index is -0.879. The number of primary amides is 1. The third kappa shape index (κ3) is 5.12. The van der Waals surface area contributed by atoms with E-state index in [0.717, 1.165) is 44.9 Å². The van der Waals surface area contributed by atoms with Crippen LogP contribution in [-0.2, 0) is 24.8 Å². The number of thiophene rings is 1. The maximum atomic E-state index is 13.9. The molecule has 0 radical (unpaired) electrons. The number of rotatable bonds is 8. The van der Waals surface area contributed by atoms with Crippen LogP contribution in [0.1, 0.15) is 82.2 Å². The van der Waals surface area contributed by atoms with Gasteiger partial charge in [0.15, 0.2) is 0 Å². The second-order valence-corrected chi connectivity index (χ2v) is 13.6. The van der Waals surface area contributed by atoms with Gasteiger partial charge in [-0.25, -0.2) is 9.37 Å². The predicted octanol–water partition coefficient (Wildman–Crippen LogP) is 6.49. The molecule has 5 aromatic rings. The van der Waals surface area contributed by atoms with E-state index in [9.17, 15) is 14.0 Å². The van der Waals surface area contributed by atoms with Gasteiger partial charge in [-0.3, -0.25) is 19.6 Å². The molecule has 2 atom stereocenters. The molecule has 2 amide bonds. The first-order chi connectivity index (χ1) is 21.6. The van der Waals surface area contributed by atoms with Crippen molar-refractivity contribution in [1.82, 2.24) is 20.3 Å². The normalized spacial score (nSPS) is 18.7. The van der Waals surface area contributed by atoms with Gasteiger partial charge in [0, 0.05) is 34.9 Å². The van der Waals surface area contributed by atoms with Crippen LogP contribution in [-0.4, -0.2) is 26.8 Å². The molecule has 0 bridgehead atoms. The first-order valence-corrected chi connectivity index (χ1v) is 16.0. The van der Waals surface area contributed by atoms with Crippen molar-refractivity contribution in [3.63, 3.8) is 0 Å². The van der Waals surface area contributed by atoms with E-state index >= 15 is 0 Å². The molecule has 8 nitrogen and oxygen atoms in total. The fourth-order valence-electron chi connectivity index (χ4n) is 6.73. The van der Waals surface area contributed by atoms with E-state index in [1.54, 1.807) is 18.3 Å². The van der Waals surface area contributed by atoms with Crippen molar-refractivity contribution < 1.29 is 14.0 Å².